The molecule has 6 heteroatoms. The van der Waals surface area contributed by atoms with E-state index in [-0.39, 0.29) is 5.56 Å². The Balaban J connectivity index is 1.29. The monoisotopic (exact) mass is 375 g/mol. The quantitative estimate of drug-likeness (QED) is 0.596. The van der Waals surface area contributed by atoms with Crippen molar-refractivity contribution in [3.8, 4) is 0 Å². The predicted molar refractivity (Wildman–Crippen MR) is 107 cm³/mol. The third-order valence-corrected chi connectivity index (χ3v) is 5.64. The lowest BCUT2D eigenvalue weighted by atomic mass is 9.96. The molecule has 4 aromatic rings. The number of nitrogens with zero attached hydrogens (tertiary/aromatic N) is 3. The summed E-state index contributed by atoms with van der Waals surface area (Å²) in [7, 11) is 0. The molecule has 0 bridgehead atoms. The molecule has 0 saturated carbocycles. The highest BCUT2D eigenvalue weighted by Crippen LogP contribution is 2.26. The van der Waals surface area contributed by atoms with Crippen molar-refractivity contribution >= 4 is 16.7 Å². The number of nitrogens with one attached hydrogen (secondary N) is 1. The Kier molecular flexibility index (Phi) is 4.20. The van der Waals surface area contributed by atoms with E-state index in [9.17, 15) is 4.79 Å². The summed E-state index contributed by atoms with van der Waals surface area (Å²) >= 11 is 0. The maximum Gasteiger partial charge on any atom is 0.258 e. The molecule has 0 atom stereocenters. The summed E-state index contributed by atoms with van der Waals surface area (Å²) in [6.07, 6.45) is 3.91. The van der Waals surface area contributed by atoms with Crippen LogP contribution in [0.25, 0.3) is 16.7 Å². The van der Waals surface area contributed by atoms with Gasteiger partial charge in [0.2, 0.25) is 0 Å². The van der Waals surface area contributed by atoms with Gasteiger partial charge in [0.25, 0.3) is 5.56 Å². The average molecular weight is 375 g/mol. The smallest absolute Gasteiger partial charge is 0.258 e. The summed E-state index contributed by atoms with van der Waals surface area (Å²) in [6, 6.07) is 13.5. The number of pyridine rings is 1. The maximum absolute atomic E-state index is 12.4. The van der Waals surface area contributed by atoms with Crippen molar-refractivity contribution in [2.24, 2.45) is 0 Å². The van der Waals surface area contributed by atoms with Crippen molar-refractivity contribution < 1.29 is 9.32 Å². The Morgan fingerprint density at radius 2 is 1.96 bits per heavy atom. The van der Waals surface area contributed by atoms with Gasteiger partial charge in [-0.1, -0.05) is 18.2 Å². The average Bonchev–Trinajstić information content (AvgIpc) is 3.13. The van der Waals surface area contributed by atoms with Crippen LogP contribution in [-0.2, 0) is 6.54 Å². The number of likely N-dealkylation sites (tertiary alicyclic amines) is 1. The van der Waals surface area contributed by atoms with Crippen LogP contribution in [0.2, 0.25) is 0 Å². The van der Waals surface area contributed by atoms with Crippen LogP contribution in [0.4, 0.5) is 0 Å². The van der Waals surface area contributed by atoms with Gasteiger partial charge in [-0.05, 0) is 30.7 Å². The van der Waals surface area contributed by atoms with Crippen LogP contribution in [0, 0.1) is 6.92 Å². The van der Waals surface area contributed by atoms with Crippen LogP contribution in [0.3, 0.4) is 0 Å². The van der Waals surface area contributed by atoms with Crippen molar-refractivity contribution in [1.29, 1.82) is 0 Å². The number of fused-ring (bicyclic) bond motifs is 2. The molecular weight excluding hydrogens is 352 g/mol. The summed E-state index contributed by atoms with van der Waals surface area (Å²) in [5, 5.41) is 0. The zero-order valence-electron chi connectivity index (χ0n) is 15.9. The summed E-state index contributed by atoms with van der Waals surface area (Å²) in [4.78, 5) is 23.2. The summed E-state index contributed by atoms with van der Waals surface area (Å²) in [5.41, 5.74) is 4.42. The number of piperidine rings is 1. The Morgan fingerprint density at radius 3 is 2.79 bits per heavy atom. The number of aromatic nitrogens is 3. The Hall–Kier alpha value is -2.99. The van der Waals surface area contributed by atoms with E-state index in [1.54, 1.807) is 10.5 Å². The third kappa shape index (κ3) is 3.20. The molecule has 1 N–H and O–H groups in total. The van der Waals surface area contributed by atoms with E-state index in [4.69, 9.17) is 4.42 Å². The first-order chi connectivity index (χ1) is 13.7. The minimum Gasteiger partial charge on any atom is -0.440 e. The van der Waals surface area contributed by atoms with Gasteiger partial charge in [0.15, 0.2) is 11.5 Å². The Bertz CT molecular complexity index is 1170. The highest BCUT2D eigenvalue weighted by molar-refractivity contribution is 5.72. The largest absolute Gasteiger partial charge is 0.440 e. The molecule has 6 nitrogen and oxygen atoms in total. The highest BCUT2D eigenvalue weighted by atomic mass is 16.3. The molecule has 1 aromatic carbocycles. The molecule has 0 aliphatic carbocycles. The van der Waals surface area contributed by atoms with E-state index in [0.717, 1.165) is 60.7 Å². The van der Waals surface area contributed by atoms with Gasteiger partial charge in [0.1, 0.15) is 23.4 Å². The number of aryl methyl sites for hydroxylation is 1. The minimum atomic E-state index is -0.00976. The number of para-hydroxylation sites is 2. The van der Waals surface area contributed by atoms with Crippen LogP contribution >= 0.6 is 0 Å². The molecule has 0 radical (unpaired) electrons. The lowest BCUT2D eigenvalue weighted by Gasteiger charge is -2.27. The van der Waals surface area contributed by atoms with Gasteiger partial charge in [0.05, 0.1) is 13.1 Å². The third-order valence-electron chi connectivity index (χ3n) is 5.64. The molecule has 3 aromatic heterocycles. The maximum atomic E-state index is 12.4. The fourth-order valence-electron chi connectivity index (χ4n) is 4.12. The minimum absolute atomic E-state index is 0.00976. The number of oxazole rings is 1. The molecule has 4 heterocycles. The van der Waals surface area contributed by atoms with Crippen molar-refractivity contribution in [2.75, 3.05) is 13.1 Å². The SMILES string of the molecule is Cc1ccc2nc(C[NH+]3CCC(c4nc5ccccc5o4)CC3)cc(=O)n2c1. The standard InChI is InChI=1S/C22H22N4O2/c1-15-6-7-20-23-17(12-21(27)26(20)13-15)14-25-10-8-16(9-11-25)22-24-18-4-2-3-5-19(18)28-22/h2-7,12-13,16H,8-11,14H2,1H3/p+1. The first kappa shape index (κ1) is 17.1. The predicted octanol–water partition coefficient (Wildman–Crippen LogP) is 2.11. The highest BCUT2D eigenvalue weighted by Gasteiger charge is 2.27. The van der Waals surface area contributed by atoms with Crippen molar-refractivity contribution in [3.05, 3.63) is 76.2 Å². The van der Waals surface area contributed by atoms with Crippen LogP contribution in [0.5, 0.6) is 0 Å². The van der Waals surface area contributed by atoms with Crippen LogP contribution < -0.4 is 10.5 Å². The molecule has 0 unspecified atom stereocenters. The second kappa shape index (κ2) is 6.87. The van der Waals surface area contributed by atoms with Crippen molar-refractivity contribution in [1.82, 2.24) is 14.4 Å². The first-order valence-electron chi connectivity index (χ1n) is 9.84. The van der Waals surface area contributed by atoms with E-state index >= 15 is 0 Å². The summed E-state index contributed by atoms with van der Waals surface area (Å²) < 4.78 is 7.58. The number of hydrogen-bond donors (Lipinski definition) is 1. The molecule has 1 fully saturated rings. The van der Waals surface area contributed by atoms with Gasteiger partial charge in [-0.2, -0.15) is 0 Å². The number of quaternary nitrogens is 1. The lowest BCUT2D eigenvalue weighted by Crippen LogP contribution is -3.11. The molecule has 142 valence electrons. The van der Waals surface area contributed by atoms with Crippen molar-refractivity contribution in [2.45, 2.75) is 32.2 Å². The van der Waals surface area contributed by atoms with Gasteiger partial charge in [-0.3, -0.25) is 9.20 Å². The van der Waals surface area contributed by atoms with Gasteiger partial charge in [-0.25, -0.2) is 9.97 Å². The number of benzene rings is 1. The first-order valence-corrected chi connectivity index (χ1v) is 9.84. The second-order valence-corrected chi connectivity index (χ2v) is 7.74. The molecule has 1 aliphatic rings. The van der Waals surface area contributed by atoms with Crippen LogP contribution in [0.15, 0.2) is 57.9 Å². The molecular formula is C22H23N4O2+. The molecule has 1 aliphatic heterocycles. The zero-order chi connectivity index (χ0) is 19.1. The molecule has 0 spiro atoms. The fraction of sp³-hybridized carbons (Fsp3) is 0.318. The van der Waals surface area contributed by atoms with Crippen molar-refractivity contribution in [3.63, 3.8) is 0 Å². The number of hydrogen-bond acceptors (Lipinski definition) is 4. The molecule has 5 rings (SSSR count). The Morgan fingerprint density at radius 1 is 1.14 bits per heavy atom. The van der Waals surface area contributed by atoms with Gasteiger partial charge in [0, 0.05) is 31.0 Å². The topological polar surface area (TPSA) is 64.8 Å². The van der Waals surface area contributed by atoms with Gasteiger partial charge >= 0.3 is 0 Å². The van der Waals surface area contributed by atoms with E-state index in [2.05, 4.69) is 9.97 Å². The number of rotatable bonds is 3. The molecule has 0 amide bonds. The summed E-state index contributed by atoms with van der Waals surface area (Å²) in [5.74, 6) is 1.23. The summed E-state index contributed by atoms with van der Waals surface area (Å²) in [6.45, 7) is 4.81. The molecule has 28 heavy (non-hydrogen) atoms. The zero-order valence-corrected chi connectivity index (χ0v) is 15.9. The fourth-order valence-corrected chi connectivity index (χ4v) is 4.12. The van der Waals surface area contributed by atoms with E-state index in [1.807, 2.05) is 49.5 Å². The second-order valence-electron chi connectivity index (χ2n) is 7.74. The van der Waals surface area contributed by atoms with Gasteiger partial charge < -0.3 is 9.32 Å². The van der Waals surface area contributed by atoms with E-state index < -0.39 is 0 Å². The lowest BCUT2D eigenvalue weighted by molar-refractivity contribution is -0.919. The van der Waals surface area contributed by atoms with E-state index in [1.165, 1.54) is 4.90 Å². The Labute approximate surface area is 162 Å². The molecule has 1 saturated heterocycles. The van der Waals surface area contributed by atoms with E-state index in [0.29, 0.717) is 11.6 Å². The van der Waals surface area contributed by atoms with Crippen LogP contribution in [0.1, 0.15) is 35.9 Å². The normalized spacial score (nSPS) is 20.0. The van der Waals surface area contributed by atoms with Gasteiger partial charge in [-0.15, -0.1) is 0 Å². The van der Waals surface area contributed by atoms with Crippen LogP contribution in [-0.4, -0.2) is 27.5 Å².